The molecule has 0 aliphatic rings. The topological polar surface area (TPSA) is 73.2 Å². The number of nitrogens with zero attached hydrogens (tertiary/aromatic N) is 2. The number of para-hydroxylation sites is 1. The van der Waals surface area contributed by atoms with Crippen LogP contribution in [0.25, 0.3) is 16.9 Å². The summed E-state index contributed by atoms with van der Waals surface area (Å²) in [5.74, 6) is -1.08. The third-order valence-corrected chi connectivity index (χ3v) is 6.22. The summed E-state index contributed by atoms with van der Waals surface area (Å²) in [5, 5.41) is 7.65. The van der Waals surface area contributed by atoms with Crippen molar-refractivity contribution in [3.8, 4) is 16.9 Å². The third-order valence-electron chi connectivity index (χ3n) is 6.22. The van der Waals surface area contributed by atoms with Crippen molar-refractivity contribution in [2.24, 2.45) is 0 Å². The molecule has 1 amide bonds. The second-order valence-corrected chi connectivity index (χ2v) is 9.04. The van der Waals surface area contributed by atoms with Crippen molar-refractivity contribution in [3.63, 3.8) is 0 Å². The van der Waals surface area contributed by atoms with Crippen LogP contribution in [0.2, 0.25) is 0 Å². The molecule has 1 heterocycles. The molecule has 1 atom stereocenters. The molecule has 1 aromatic heterocycles. The molecule has 188 valence electrons. The minimum Gasteiger partial charge on any atom is -0.444 e. The van der Waals surface area contributed by atoms with E-state index in [0.717, 1.165) is 22.4 Å². The van der Waals surface area contributed by atoms with Gasteiger partial charge in [0.25, 0.3) is 5.91 Å². The van der Waals surface area contributed by atoms with E-state index >= 15 is 0 Å². The van der Waals surface area contributed by atoms with Gasteiger partial charge in [-0.1, -0.05) is 91.0 Å². The molecule has 0 radical (unpaired) electrons. The van der Waals surface area contributed by atoms with Gasteiger partial charge in [-0.25, -0.2) is 9.48 Å². The summed E-state index contributed by atoms with van der Waals surface area (Å²) in [6.45, 7) is 3.88. The van der Waals surface area contributed by atoms with E-state index < -0.39 is 18.0 Å². The Morgan fingerprint density at radius 3 is 2.13 bits per heavy atom. The maximum atomic E-state index is 13.7. The van der Waals surface area contributed by atoms with Crippen LogP contribution >= 0.6 is 0 Å². The summed E-state index contributed by atoms with van der Waals surface area (Å²) in [4.78, 5) is 27.2. The van der Waals surface area contributed by atoms with E-state index in [-0.39, 0.29) is 5.56 Å². The first-order chi connectivity index (χ1) is 18.5. The molecule has 5 aromatic rings. The van der Waals surface area contributed by atoms with Gasteiger partial charge in [0.1, 0.15) is 11.3 Å². The summed E-state index contributed by atoms with van der Waals surface area (Å²) in [6, 6.07) is 33.8. The molecule has 4 aromatic carbocycles. The zero-order valence-corrected chi connectivity index (χ0v) is 21.2. The number of hydrogen-bond donors (Lipinski definition) is 1. The fraction of sp³-hybridized carbons (Fsp3) is 0.0938. The van der Waals surface area contributed by atoms with E-state index in [9.17, 15) is 9.59 Å². The second-order valence-electron chi connectivity index (χ2n) is 9.04. The van der Waals surface area contributed by atoms with Crippen LogP contribution in [-0.2, 0) is 9.53 Å². The van der Waals surface area contributed by atoms with Gasteiger partial charge in [-0.05, 0) is 43.2 Å². The lowest BCUT2D eigenvalue weighted by Crippen LogP contribution is -2.26. The number of carbonyl (C=O) groups excluding carboxylic acids is 2. The second kappa shape index (κ2) is 11.0. The number of rotatable bonds is 7. The normalized spacial score (nSPS) is 11.5. The molecule has 0 bridgehead atoms. The summed E-state index contributed by atoms with van der Waals surface area (Å²) in [7, 11) is 0. The van der Waals surface area contributed by atoms with Crippen LogP contribution in [0.4, 0.5) is 5.69 Å². The standard InChI is InChI=1S/C32H27N3O3/c1-22-18-19-23(2)28(20-22)33-31(36)30(25-14-8-4-9-15-25)38-32(37)27-21-35(26-16-10-5-11-17-26)34-29(27)24-12-6-3-7-13-24/h3-21,30H,1-2H3,(H,33,36)/t30-/m1/s1. The Morgan fingerprint density at radius 2 is 1.45 bits per heavy atom. The van der Waals surface area contributed by atoms with Gasteiger partial charge in [0, 0.05) is 23.0 Å². The first kappa shape index (κ1) is 24.7. The number of nitrogens with one attached hydrogen (secondary N) is 1. The average Bonchev–Trinajstić information content (AvgIpc) is 3.41. The van der Waals surface area contributed by atoms with Crippen molar-refractivity contribution >= 4 is 17.6 Å². The maximum Gasteiger partial charge on any atom is 0.343 e. The van der Waals surface area contributed by atoms with Crippen LogP contribution in [0, 0.1) is 13.8 Å². The van der Waals surface area contributed by atoms with Gasteiger partial charge < -0.3 is 10.1 Å². The van der Waals surface area contributed by atoms with Crippen LogP contribution in [0.1, 0.15) is 33.2 Å². The Labute approximate surface area is 221 Å². The largest absolute Gasteiger partial charge is 0.444 e. The fourth-order valence-corrected chi connectivity index (χ4v) is 4.19. The molecule has 0 aliphatic carbocycles. The summed E-state index contributed by atoms with van der Waals surface area (Å²) in [6.07, 6.45) is 0.484. The van der Waals surface area contributed by atoms with Crippen molar-refractivity contribution in [1.82, 2.24) is 9.78 Å². The molecule has 0 aliphatic heterocycles. The van der Waals surface area contributed by atoms with Crippen LogP contribution in [0.3, 0.4) is 0 Å². The molecule has 6 heteroatoms. The number of esters is 1. The number of amides is 1. The van der Waals surface area contributed by atoms with E-state index in [0.29, 0.717) is 16.9 Å². The Balaban J connectivity index is 1.51. The van der Waals surface area contributed by atoms with Crippen molar-refractivity contribution in [1.29, 1.82) is 0 Å². The van der Waals surface area contributed by atoms with Gasteiger partial charge in [0.05, 0.1) is 5.69 Å². The van der Waals surface area contributed by atoms with Gasteiger partial charge in [-0.2, -0.15) is 5.10 Å². The smallest absolute Gasteiger partial charge is 0.343 e. The fourth-order valence-electron chi connectivity index (χ4n) is 4.19. The first-order valence-electron chi connectivity index (χ1n) is 12.3. The quantitative estimate of drug-likeness (QED) is 0.252. The number of ether oxygens (including phenoxy) is 1. The Bertz CT molecular complexity index is 1560. The van der Waals surface area contributed by atoms with Crippen LogP contribution in [0.15, 0.2) is 115 Å². The molecule has 0 spiro atoms. The van der Waals surface area contributed by atoms with Crippen LogP contribution < -0.4 is 5.32 Å². The minimum absolute atomic E-state index is 0.264. The van der Waals surface area contributed by atoms with E-state index in [1.165, 1.54) is 0 Å². The highest BCUT2D eigenvalue weighted by atomic mass is 16.5. The summed E-state index contributed by atoms with van der Waals surface area (Å²) in [5.41, 5.74) is 5.48. The lowest BCUT2D eigenvalue weighted by molar-refractivity contribution is -0.125. The molecule has 1 N–H and O–H groups in total. The molecule has 38 heavy (non-hydrogen) atoms. The molecular formula is C32H27N3O3. The molecule has 0 unspecified atom stereocenters. The Hall–Kier alpha value is -4.97. The molecule has 5 rings (SSSR count). The van der Waals surface area contributed by atoms with Gasteiger partial charge >= 0.3 is 5.97 Å². The van der Waals surface area contributed by atoms with Crippen molar-refractivity contribution in [3.05, 3.63) is 138 Å². The monoisotopic (exact) mass is 501 g/mol. The Morgan fingerprint density at radius 1 is 0.816 bits per heavy atom. The number of carbonyl (C=O) groups is 2. The van der Waals surface area contributed by atoms with Crippen molar-refractivity contribution < 1.29 is 14.3 Å². The average molecular weight is 502 g/mol. The van der Waals surface area contributed by atoms with E-state index in [1.54, 1.807) is 23.0 Å². The zero-order chi connectivity index (χ0) is 26.5. The number of aromatic nitrogens is 2. The Kier molecular flexibility index (Phi) is 7.13. The highest BCUT2D eigenvalue weighted by Crippen LogP contribution is 2.28. The molecular weight excluding hydrogens is 474 g/mol. The number of anilines is 1. The zero-order valence-electron chi connectivity index (χ0n) is 21.2. The van der Waals surface area contributed by atoms with E-state index in [1.807, 2.05) is 111 Å². The highest BCUT2D eigenvalue weighted by Gasteiger charge is 2.29. The van der Waals surface area contributed by atoms with Crippen LogP contribution in [0.5, 0.6) is 0 Å². The lowest BCUT2D eigenvalue weighted by Gasteiger charge is -2.19. The molecule has 0 saturated carbocycles. The maximum absolute atomic E-state index is 13.7. The first-order valence-corrected chi connectivity index (χ1v) is 12.3. The minimum atomic E-state index is -1.16. The van der Waals surface area contributed by atoms with Gasteiger partial charge in [0.15, 0.2) is 0 Å². The lowest BCUT2D eigenvalue weighted by atomic mass is 10.1. The van der Waals surface area contributed by atoms with Gasteiger partial charge in [0.2, 0.25) is 6.10 Å². The SMILES string of the molecule is Cc1ccc(C)c(NC(=O)[C@H](OC(=O)c2cn(-c3ccccc3)nc2-c2ccccc2)c2ccccc2)c1. The third kappa shape index (κ3) is 5.39. The van der Waals surface area contributed by atoms with E-state index in [4.69, 9.17) is 9.84 Å². The molecule has 0 fully saturated rings. The molecule has 6 nitrogen and oxygen atoms in total. The highest BCUT2D eigenvalue weighted by molar-refractivity contribution is 6.00. The number of aryl methyl sites for hydroxylation is 2. The predicted molar refractivity (Wildman–Crippen MR) is 148 cm³/mol. The molecule has 0 saturated heterocycles. The van der Waals surface area contributed by atoms with Crippen molar-refractivity contribution in [2.75, 3.05) is 5.32 Å². The predicted octanol–water partition coefficient (Wildman–Crippen LogP) is 6.69. The van der Waals surface area contributed by atoms with E-state index in [2.05, 4.69) is 5.32 Å². The number of benzene rings is 4. The number of hydrogen-bond acceptors (Lipinski definition) is 4. The van der Waals surface area contributed by atoms with Crippen molar-refractivity contribution in [2.45, 2.75) is 20.0 Å². The van der Waals surface area contributed by atoms with Crippen LogP contribution in [-0.4, -0.2) is 21.7 Å². The van der Waals surface area contributed by atoms with Gasteiger partial charge in [-0.3, -0.25) is 4.79 Å². The van der Waals surface area contributed by atoms with Gasteiger partial charge in [-0.15, -0.1) is 0 Å². The summed E-state index contributed by atoms with van der Waals surface area (Å²) >= 11 is 0. The summed E-state index contributed by atoms with van der Waals surface area (Å²) < 4.78 is 7.58.